The second kappa shape index (κ2) is 5.14. The molecule has 2 atom stereocenters. The van der Waals surface area contributed by atoms with Crippen LogP contribution < -0.4 is 5.73 Å². The van der Waals surface area contributed by atoms with Crippen LogP contribution in [-0.2, 0) is 7.05 Å². The van der Waals surface area contributed by atoms with E-state index in [0.717, 1.165) is 37.3 Å². The fourth-order valence-electron chi connectivity index (χ4n) is 2.61. The number of rotatable bonds is 2. The van der Waals surface area contributed by atoms with Crippen molar-refractivity contribution in [1.29, 1.82) is 0 Å². The zero-order chi connectivity index (χ0) is 13.3. The van der Waals surface area contributed by atoms with E-state index in [0.29, 0.717) is 5.92 Å². The van der Waals surface area contributed by atoms with Gasteiger partial charge in [-0.2, -0.15) is 0 Å². The summed E-state index contributed by atoms with van der Waals surface area (Å²) >= 11 is 0. The van der Waals surface area contributed by atoms with Crippen molar-refractivity contribution in [2.24, 2.45) is 18.7 Å². The Bertz CT molecular complexity index is 436. The summed E-state index contributed by atoms with van der Waals surface area (Å²) in [5.74, 6) is 0.569. The van der Waals surface area contributed by atoms with Crippen LogP contribution in [0.2, 0.25) is 0 Å². The zero-order valence-corrected chi connectivity index (χ0v) is 11.5. The minimum atomic E-state index is 0.135. The smallest absolute Gasteiger partial charge is 0.270 e. The van der Waals surface area contributed by atoms with Crippen molar-refractivity contribution in [3.63, 3.8) is 0 Å². The van der Waals surface area contributed by atoms with E-state index in [1.807, 2.05) is 42.5 Å². The molecule has 1 fully saturated rings. The van der Waals surface area contributed by atoms with E-state index in [9.17, 15) is 4.79 Å². The van der Waals surface area contributed by atoms with Crippen LogP contribution >= 0.6 is 0 Å². The Kier molecular flexibility index (Phi) is 3.76. The summed E-state index contributed by atoms with van der Waals surface area (Å²) in [5.41, 5.74) is 7.85. The van der Waals surface area contributed by atoms with Gasteiger partial charge in [-0.1, -0.05) is 0 Å². The third kappa shape index (κ3) is 2.43. The second-order valence-electron chi connectivity index (χ2n) is 5.43. The Balaban J connectivity index is 2.12. The first-order valence-corrected chi connectivity index (χ1v) is 6.68. The molecule has 0 radical (unpaired) electrons. The number of nitrogens with two attached hydrogens (primary N) is 1. The Hall–Kier alpha value is -1.29. The zero-order valence-electron chi connectivity index (χ0n) is 11.5. The lowest BCUT2D eigenvalue weighted by Crippen LogP contribution is -2.45. The highest BCUT2D eigenvalue weighted by Gasteiger charge is 2.27. The molecule has 2 heterocycles. The van der Waals surface area contributed by atoms with Crippen molar-refractivity contribution >= 4 is 5.91 Å². The van der Waals surface area contributed by atoms with E-state index in [-0.39, 0.29) is 11.9 Å². The summed E-state index contributed by atoms with van der Waals surface area (Å²) in [6.07, 6.45) is 2.19. The summed E-state index contributed by atoms with van der Waals surface area (Å²) in [4.78, 5) is 14.4. The topological polar surface area (TPSA) is 51.3 Å². The summed E-state index contributed by atoms with van der Waals surface area (Å²) < 4.78 is 1.96. The SMILES string of the molecule is Cc1ccc(C(=O)N2CCCC(C(C)N)C2)n1C. The molecule has 2 rings (SSSR count). The van der Waals surface area contributed by atoms with Gasteiger partial charge in [0.25, 0.3) is 5.91 Å². The molecule has 4 nitrogen and oxygen atoms in total. The molecule has 0 bridgehead atoms. The van der Waals surface area contributed by atoms with E-state index < -0.39 is 0 Å². The molecule has 1 aliphatic rings. The number of piperidine rings is 1. The number of aryl methyl sites for hydroxylation is 1. The molecule has 1 aromatic heterocycles. The van der Waals surface area contributed by atoms with Gasteiger partial charge in [0, 0.05) is 31.9 Å². The van der Waals surface area contributed by atoms with Gasteiger partial charge in [-0.05, 0) is 44.7 Å². The molecule has 1 saturated heterocycles. The number of carbonyl (C=O) groups is 1. The average molecular weight is 249 g/mol. The average Bonchev–Trinajstić information content (AvgIpc) is 2.69. The van der Waals surface area contributed by atoms with E-state index >= 15 is 0 Å². The predicted octanol–water partition coefficient (Wildman–Crippen LogP) is 1.53. The number of nitrogens with zero attached hydrogens (tertiary/aromatic N) is 2. The number of aromatic nitrogens is 1. The molecule has 100 valence electrons. The van der Waals surface area contributed by atoms with Gasteiger partial charge in [0.2, 0.25) is 0 Å². The van der Waals surface area contributed by atoms with Gasteiger partial charge < -0.3 is 15.2 Å². The number of amides is 1. The largest absolute Gasteiger partial charge is 0.344 e. The van der Waals surface area contributed by atoms with Gasteiger partial charge in [-0.25, -0.2) is 0 Å². The molecule has 2 unspecified atom stereocenters. The molecule has 1 aromatic rings. The van der Waals surface area contributed by atoms with Crippen LogP contribution in [0.3, 0.4) is 0 Å². The maximum Gasteiger partial charge on any atom is 0.270 e. The maximum absolute atomic E-state index is 12.5. The van der Waals surface area contributed by atoms with Crippen molar-refractivity contribution in [3.05, 3.63) is 23.5 Å². The van der Waals surface area contributed by atoms with Gasteiger partial charge in [0.15, 0.2) is 0 Å². The number of likely N-dealkylation sites (tertiary alicyclic amines) is 1. The first kappa shape index (κ1) is 13.1. The molecular formula is C14H23N3O. The lowest BCUT2D eigenvalue weighted by atomic mass is 9.92. The Morgan fingerprint density at radius 1 is 1.50 bits per heavy atom. The van der Waals surface area contributed by atoms with Gasteiger partial charge in [-0.3, -0.25) is 4.79 Å². The monoisotopic (exact) mass is 249 g/mol. The van der Waals surface area contributed by atoms with E-state index in [1.165, 1.54) is 0 Å². The summed E-state index contributed by atoms with van der Waals surface area (Å²) in [6.45, 7) is 5.69. The number of hydrogen-bond acceptors (Lipinski definition) is 2. The molecule has 0 spiro atoms. The van der Waals surface area contributed by atoms with Gasteiger partial charge in [-0.15, -0.1) is 0 Å². The molecule has 18 heavy (non-hydrogen) atoms. The van der Waals surface area contributed by atoms with Crippen molar-refractivity contribution in [2.75, 3.05) is 13.1 Å². The van der Waals surface area contributed by atoms with E-state index in [4.69, 9.17) is 5.73 Å². The van der Waals surface area contributed by atoms with Crippen molar-refractivity contribution in [2.45, 2.75) is 32.7 Å². The standard InChI is InChI=1S/C14H23N3O/c1-10-6-7-13(16(10)3)14(18)17-8-4-5-12(9-17)11(2)15/h6-7,11-12H,4-5,8-9,15H2,1-3H3. The predicted molar refractivity (Wildman–Crippen MR) is 72.4 cm³/mol. The minimum Gasteiger partial charge on any atom is -0.344 e. The van der Waals surface area contributed by atoms with E-state index in [1.54, 1.807) is 0 Å². The molecule has 1 aliphatic heterocycles. The van der Waals surface area contributed by atoms with Crippen LogP contribution in [0.4, 0.5) is 0 Å². The van der Waals surface area contributed by atoms with Crippen LogP contribution in [0.5, 0.6) is 0 Å². The van der Waals surface area contributed by atoms with Crippen LogP contribution in [0.1, 0.15) is 35.9 Å². The van der Waals surface area contributed by atoms with Crippen LogP contribution in [-0.4, -0.2) is 34.5 Å². The third-order valence-corrected chi connectivity index (χ3v) is 4.08. The van der Waals surface area contributed by atoms with Crippen LogP contribution in [0, 0.1) is 12.8 Å². The molecule has 0 aliphatic carbocycles. The highest BCUT2D eigenvalue weighted by molar-refractivity contribution is 5.93. The minimum absolute atomic E-state index is 0.135. The highest BCUT2D eigenvalue weighted by atomic mass is 16.2. The van der Waals surface area contributed by atoms with Crippen molar-refractivity contribution < 1.29 is 4.79 Å². The Labute approximate surface area is 109 Å². The summed E-state index contributed by atoms with van der Waals surface area (Å²) in [7, 11) is 1.94. The Morgan fingerprint density at radius 2 is 2.22 bits per heavy atom. The molecule has 0 saturated carbocycles. The van der Waals surface area contributed by atoms with E-state index in [2.05, 4.69) is 0 Å². The normalized spacial score (nSPS) is 22.0. The molecule has 4 heteroatoms. The van der Waals surface area contributed by atoms with Crippen molar-refractivity contribution in [1.82, 2.24) is 9.47 Å². The van der Waals surface area contributed by atoms with Crippen molar-refractivity contribution in [3.8, 4) is 0 Å². The lowest BCUT2D eigenvalue weighted by Gasteiger charge is -2.34. The second-order valence-corrected chi connectivity index (χ2v) is 5.43. The Morgan fingerprint density at radius 3 is 2.78 bits per heavy atom. The first-order chi connectivity index (χ1) is 8.50. The van der Waals surface area contributed by atoms with Gasteiger partial charge >= 0.3 is 0 Å². The maximum atomic E-state index is 12.5. The molecule has 0 aromatic carbocycles. The molecule has 2 N–H and O–H groups in total. The summed E-state index contributed by atoms with van der Waals surface area (Å²) in [5, 5.41) is 0. The number of carbonyl (C=O) groups excluding carboxylic acids is 1. The lowest BCUT2D eigenvalue weighted by molar-refractivity contribution is 0.0651. The van der Waals surface area contributed by atoms with Crippen LogP contribution in [0.15, 0.2) is 12.1 Å². The molecular weight excluding hydrogens is 226 g/mol. The quantitative estimate of drug-likeness (QED) is 0.864. The number of hydrogen-bond donors (Lipinski definition) is 1. The fourth-order valence-corrected chi connectivity index (χ4v) is 2.61. The molecule has 1 amide bonds. The van der Waals surface area contributed by atoms with Gasteiger partial charge in [0.05, 0.1) is 0 Å². The van der Waals surface area contributed by atoms with Crippen LogP contribution in [0.25, 0.3) is 0 Å². The summed E-state index contributed by atoms with van der Waals surface area (Å²) in [6, 6.07) is 4.06. The van der Waals surface area contributed by atoms with Gasteiger partial charge in [0.1, 0.15) is 5.69 Å². The third-order valence-electron chi connectivity index (χ3n) is 4.08. The fraction of sp³-hybridized carbons (Fsp3) is 0.643. The first-order valence-electron chi connectivity index (χ1n) is 6.68. The highest BCUT2D eigenvalue weighted by Crippen LogP contribution is 2.21.